The summed E-state index contributed by atoms with van der Waals surface area (Å²) in [6.07, 6.45) is 0. The number of carbonyl (C=O) groups excluding carboxylic acids is 3. The van der Waals surface area contributed by atoms with Crippen molar-refractivity contribution >= 4 is 23.4 Å². The summed E-state index contributed by atoms with van der Waals surface area (Å²) in [5, 5.41) is 2.46. The third kappa shape index (κ3) is 2.05. The molecule has 2 aromatic rings. The highest BCUT2D eigenvalue weighted by atomic mass is 19.1. The molecule has 22 heavy (non-hydrogen) atoms. The van der Waals surface area contributed by atoms with Crippen LogP contribution in [0, 0.1) is 5.82 Å². The number of hydrogen-bond donors (Lipinski definition) is 1. The Morgan fingerprint density at radius 2 is 1.64 bits per heavy atom. The molecular formula is C16H11FN2O3. The fourth-order valence-electron chi connectivity index (χ4n) is 2.35. The number of rotatable bonds is 2. The van der Waals surface area contributed by atoms with Gasteiger partial charge in [-0.15, -0.1) is 0 Å². The molecule has 0 bridgehead atoms. The van der Waals surface area contributed by atoms with Crippen LogP contribution in [0.1, 0.15) is 31.1 Å². The van der Waals surface area contributed by atoms with Crippen LogP contribution in [0.2, 0.25) is 0 Å². The van der Waals surface area contributed by atoms with Crippen molar-refractivity contribution in [2.75, 3.05) is 11.9 Å². The molecule has 0 radical (unpaired) electrons. The average molecular weight is 298 g/mol. The van der Waals surface area contributed by atoms with Gasteiger partial charge in [-0.25, -0.2) is 9.29 Å². The third-order valence-electron chi connectivity index (χ3n) is 3.46. The SMILES string of the molecule is CNC(=O)c1ccc2c(c1)C(=O)N(c1ccc(F)cc1)C2=O. The minimum atomic E-state index is -0.530. The van der Waals surface area contributed by atoms with E-state index in [2.05, 4.69) is 5.32 Å². The predicted octanol–water partition coefficient (Wildman–Crippen LogP) is 1.99. The lowest BCUT2D eigenvalue weighted by Crippen LogP contribution is -2.29. The monoisotopic (exact) mass is 298 g/mol. The molecule has 6 heteroatoms. The number of hydrogen-bond acceptors (Lipinski definition) is 3. The Hall–Kier alpha value is -3.02. The molecule has 0 aliphatic carbocycles. The van der Waals surface area contributed by atoms with Crippen molar-refractivity contribution in [1.82, 2.24) is 5.32 Å². The summed E-state index contributed by atoms with van der Waals surface area (Å²) < 4.78 is 13.0. The highest BCUT2D eigenvalue weighted by molar-refractivity contribution is 6.34. The predicted molar refractivity (Wildman–Crippen MR) is 77.4 cm³/mol. The minimum absolute atomic E-state index is 0.162. The largest absolute Gasteiger partial charge is 0.355 e. The van der Waals surface area contributed by atoms with Crippen LogP contribution in [0.15, 0.2) is 42.5 Å². The van der Waals surface area contributed by atoms with Crippen LogP contribution < -0.4 is 10.2 Å². The van der Waals surface area contributed by atoms with Crippen LogP contribution in [0.25, 0.3) is 0 Å². The lowest BCUT2D eigenvalue weighted by Gasteiger charge is -2.13. The van der Waals surface area contributed by atoms with Crippen molar-refractivity contribution in [1.29, 1.82) is 0 Å². The maximum Gasteiger partial charge on any atom is 0.266 e. The van der Waals surface area contributed by atoms with E-state index in [1.54, 1.807) is 0 Å². The zero-order valence-corrected chi connectivity index (χ0v) is 11.6. The molecule has 5 nitrogen and oxygen atoms in total. The Morgan fingerprint density at radius 3 is 2.27 bits per heavy atom. The van der Waals surface area contributed by atoms with Gasteiger partial charge in [0.25, 0.3) is 17.7 Å². The summed E-state index contributed by atoms with van der Waals surface area (Å²) in [6.45, 7) is 0. The molecule has 1 heterocycles. The Labute approximate surface area is 125 Å². The van der Waals surface area contributed by atoms with E-state index in [4.69, 9.17) is 0 Å². The van der Waals surface area contributed by atoms with Crippen LogP contribution in [0.5, 0.6) is 0 Å². The smallest absolute Gasteiger partial charge is 0.266 e. The van der Waals surface area contributed by atoms with Crippen LogP contribution in [-0.4, -0.2) is 24.8 Å². The first-order valence-electron chi connectivity index (χ1n) is 6.53. The summed E-state index contributed by atoms with van der Waals surface area (Å²) in [7, 11) is 1.48. The van der Waals surface area contributed by atoms with Gasteiger partial charge in [-0.2, -0.15) is 0 Å². The highest BCUT2D eigenvalue weighted by Gasteiger charge is 2.37. The third-order valence-corrected chi connectivity index (χ3v) is 3.46. The molecule has 1 N–H and O–H groups in total. The topological polar surface area (TPSA) is 66.5 Å². The van der Waals surface area contributed by atoms with Gasteiger partial charge in [0.05, 0.1) is 16.8 Å². The van der Waals surface area contributed by atoms with Crippen molar-refractivity contribution in [2.24, 2.45) is 0 Å². The molecule has 2 aromatic carbocycles. The number of carbonyl (C=O) groups is 3. The second-order valence-electron chi connectivity index (χ2n) is 4.76. The highest BCUT2D eigenvalue weighted by Crippen LogP contribution is 2.29. The number of nitrogens with one attached hydrogen (secondary N) is 1. The van der Waals surface area contributed by atoms with Crippen LogP contribution >= 0.6 is 0 Å². The normalized spacial score (nSPS) is 13.3. The number of fused-ring (bicyclic) bond motifs is 1. The zero-order valence-electron chi connectivity index (χ0n) is 11.6. The van der Waals surface area contributed by atoms with Gasteiger partial charge in [0.2, 0.25) is 0 Å². The molecule has 1 aliphatic heterocycles. The van der Waals surface area contributed by atoms with E-state index in [1.165, 1.54) is 49.5 Å². The van der Waals surface area contributed by atoms with Gasteiger partial charge < -0.3 is 5.32 Å². The van der Waals surface area contributed by atoms with E-state index in [0.717, 1.165) is 4.90 Å². The first-order chi connectivity index (χ1) is 10.5. The van der Waals surface area contributed by atoms with Gasteiger partial charge in [0, 0.05) is 12.6 Å². The molecule has 0 saturated heterocycles. The van der Waals surface area contributed by atoms with E-state index in [1.807, 2.05) is 0 Å². The lowest BCUT2D eigenvalue weighted by molar-refractivity contribution is 0.0924. The van der Waals surface area contributed by atoms with Gasteiger partial charge >= 0.3 is 0 Å². The first kappa shape index (κ1) is 13.9. The van der Waals surface area contributed by atoms with E-state index >= 15 is 0 Å². The Morgan fingerprint density at radius 1 is 1.00 bits per heavy atom. The number of halogens is 1. The molecule has 3 amide bonds. The zero-order chi connectivity index (χ0) is 15.9. The molecule has 0 fully saturated rings. The van der Waals surface area contributed by atoms with Gasteiger partial charge in [0.15, 0.2) is 0 Å². The average Bonchev–Trinajstić information content (AvgIpc) is 2.79. The minimum Gasteiger partial charge on any atom is -0.355 e. The fourth-order valence-corrected chi connectivity index (χ4v) is 2.35. The molecule has 0 unspecified atom stereocenters. The van der Waals surface area contributed by atoms with Crippen molar-refractivity contribution in [3.63, 3.8) is 0 Å². The summed E-state index contributed by atoms with van der Waals surface area (Å²) in [5.74, 6) is -1.82. The van der Waals surface area contributed by atoms with Crippen molar-refractivity contribution in [3.05, 3.63) is 65.0 Å². The van der Waals surface area contributed by atoms with Crippen molar-refractivity contribution in [3.8, 4) is 0 Å². The van der Waals surface area contributed by atoms with Crippen molar-refractivity contribution in [2.45, 2.75) is 0 Å². The van der Waals surface area contributed by atoms with Crippen LogP contribution in [0.3, 0.4) is 0 Å². The summed E-state index contributed by atoms with van der Waals surface area (Å²) in [4.78, 5) is 37.4. The Balaban J connectivity index is 2.05. The maximum absolute atomic E-state index is 13.0. The second kappa shape index (κ2) is 5.07. The maximum atomic E-state index is 13.0. The van der Waals surface area contributed by atoms with E-state index in [0.29, 0.717) is 5.56 Å². The van der Waals surface area contributed by atoms with Gasteiger partial charge in [-0.3, -0.25) is 14.4 Å². The number of nitrogens with zero attached hydrogens (tertiary/aromatic N) is 1. The number of anilines is 1. The second-order valence-corrected chi connectivity index (χ2v) is 4.76. The molecule has 3 rings (SSSR count). The summed E-state index contributed by atoms with van der Waals surface area (Å²) in [6, 6.07) is 9.38. The first-order valence-corrected chi connectivity index (χ1v) is 6.53. The lowest BCUT2D eigenvalue weighted by atomic mass is 10.1. The Bertz CT molecular complexity index is 800. The summed E-state index contributed by atoms with van der Waals surface area (Å²) in [5.41, 5.74) is 0.967. The van der Waals surface area contributed by atoms with Gasteiger partial charge in [-0.05, 0) is 42.5 Å². The van der Waals surface area contributed by atoms with Crippen LogP contribution in [-0.2, 0) is 0 Å². The standard InChI is InChI=1S/C16H11FN2O3/c1-18-14(20)9-2-7-12-13(8-9)16(22)19(15(12)21)11-5-3-10(17)4-6-11/h2-8H,1H3,(H,18,20). The van der Waals surface area contributed by atoms with E-state index in [9.17, 15) is 18.8 Å². The molecule has 0 aromatic heterocycles. The van der Waals surface area contributed by atoms with E-state index < -0.39 is 17.6 Å². The Kier molecular flexibility index (Phi) is 3.21. The van der Waals surface area contributed by atoms with E-state index in [-0.39, 0.29) is 22.7 Å². The van der Waals surface area contributed by atoms with Gasteiger partial charge in [-0.1, -0.05) is 0 Å². The molecule has 110 valence electrons. The molecule has 0 saturated carbocycles. The summed E-state index contributed by atoms with van der Waals surface area (Å²) >= 11 is 0. The quantitative estimate of drug-likeness (QED) is 0.862. The number of amides is 3. The molecular weight excluding hydrogens is 287 g/mol. The van der Waals surface area contributed by atoms with Gasteiger partial charge in [0.1, 0.15) is 5.82 Å². The van der Waals surface area contributed by atoms with Crippen molar-refractivity contribution < 1.29 is 18.8 Å². The molecule has 0 spiro atoms. The fraction of sp³-hybridized carbons (Fsp3) is 0.0625. The number of benzene rings is 2. The van der Waals surface area contributed by atoms with Crippen LogP contribution in [0.4, 0.5) is 10.1 Å². The molecule has 0 atom stereocenters. The molecule has 1 aliphatic rings. The number of imide groups is 1.